The molecule has 1 aromatic carbocycles. The molecule has 2 aliphatic carbocycles. The van der Waals surface area contributed by atoms with E-state index < -0.39 is 17.2 Å². The summed E-state index contributed by atoms with van der Waals surface area (Å²) in [4.78, 5) is 26.1. The van der Waals surface area contributed by atoms with Crippen molar-refractivity contribution in [1.82, 2.24) is 4.57 Å². The first-order valence-electron chi connectivity index (χ1n) is 9.45. The van der Waals surface area contributed by atoms with E-state index in [4.69, 9.17) is 5.73 Å². The third-order valence-electron chi connectivity index (χ3n) is 6.49. The van der Waals surface area contributed by atoms with Crippen molar-refractivity contribution in [2.75, 3.05) is 18.0 Å². The van der Waals surface area contributed by atoms with E-state index in [9.17, 15) is 19.1 Å². The number of nitrogens with zero attached hydrogens (tertiary/aromatic N) is 2. The standard InChI is InChI=1S/C20H22FN3O3/c1-10-16-13(18(25)14(19(26)27)9-24(16)12-2-3-12)6-15(21)17(10)23-7-11(8-23)20(22)4-5-20/h6,9,11-12H,2-5,7-8,22H2,1H3,(H,26,27). The second-order valence-electron chi connectivity index (χ2n) is 8.38. The smallest absolute Gasteiger partial charge is 0.341 e. The number of carboxylic acid groups (broad SMARTS) is 1. The van der Waals surface area contributed by atoms with Crippen molar-refractivity contribution >= 4 is 22.6 Å². The summed E-state index contributed by atoms with van der Waals surface area (Å²) in [6.45, 7) is 3.27. The van der Waals surface area contributed by atoms with E-state index in [1.165, 1.54) is 12.3 Å². The Bertz CT molecular complexity index is 1050. The number of rotatable bonds is 4. The zero-order valence-corrected chi connectivity index (χ0v) is 15.2. The zero-order chi connectivity index (χ0) is 19.1. The Labute approximate surface area is 155 Å². The van der Waals surface area contributed by atoms with Crippen LogP contribution in [0.2, 0.25) is 0 Å². The van der Waals surface area contributed by atoms with Gasteiger partial charge in [0, 0.05) is 42.2 Å². The van der Waals surface area contributed by atoms with E-state index in [1.807, 2.05) is 16.4 Å². The highest BCUT2D eigenvalue weighted by Gasteiger charge is 2.51. The molecule has 2 aromatic rings. The fourth-order valence-electron chi connectivity index (χ4n) is 4.43. The number of pyridine rings is 1. The summed E-state index contributed by atoms with van der Waals surface area (Å²) in [6.07, 6.45) is 5.36. The third-order valence-corrected chi connectivity index (χ3v) is 6.49. The average molecular weight is 371 g/mol. The first kappa shape index (κ1) is 16.7. The molecule has 7 heteroatoms. The number of carbonyl (C=O) groups is 1. The van der Waals surface area contributed by atoms with E-state index in [0.717, 1.165) is 38.8 Å². The van der Waals surface area contributed by atoms with Gasteiger partial charge in [-0.2, -0.15) is 0 Å². The Hall–Kier alpha value is -2.41. The maximum absolute atomic E-state index is 15.0. The number of benzene rings is 1. The monoisotopic (exact) mass is 371 g/mol. The van der Waals surface area contributed by atoms with Crippen molar-refractivity contribution in [2.45, 2.75) is 44.2 Å². The summed E-state index contributed by atoms with van der Waals surface area (Å²) in [6, 6.07) is 1.39. The Morgan fingerprint density at radius 3 is 2.56 bits per heavy atom. The van der Waals surface area contributed by atoms with Crippen molar-refractivity contribution in [1.29, 1.82) is 0 Å². The minimum absolute atomic E-state index is 0.0791. The molecule has 5 rings (SSSR count). The zero-order valence-electron chi connectivity index (χ0n) is 15.2. The second kappa shape index (κ2) is 5.32. The summed E-state index contributed by atoms with van der Waals surface area (Å²) in [5, 5.41) is 9.51. The Morgan fingerprint density at radius 1 is 1.33 bits per heavy atom. The van der Waals surface area contributed by atoms with E-state index in [-0.39, 0.29) is 22.5 Å². The molecular weight excluding hydrogens is 349 g/mol. The third kappa shape index (κ3) is 2.41. The topological polar surface area (TPSA) is 88.6 Å². The maximum atomic E-state index is 15.0. The molecule has 3 aliphatic rings. The number of aromatic nitrogens is 1. The summed E-state index contributed by atoms with van der Waals surface area (Å²) in [5.74, 6) is -1.36. The fraction of sp³-hybridized carbons (Fsp3) is 0.500. The van der Waals surface area contributed by atoms with Gasteiger partial charge in [-0.05, 0) is 44.2 Å². The van der Waals surface area contributed by atoms with Gasteiger partial charge in [0.15, 0.2) is 0 Å². The van der Waals surface area contributed by atoms with Gasteiger partial charge in [0.1, 0.15) is 11.4 Å². The lowest BCUT2D eigenvalue weighted by atomic mass is 9.88. The molecule has 1 aliphatic heterocycles. The lowest BCUT2D eigenvalue weighted by Gasteiger charge is -2.45. The van der Waals surface area contributed by atoms with Crippen LogP contribution in [0.15, 0.2) is 17.1 Å². The molecule has 3 N–H and O–H groups in total. The minimum atomic E-state index is -1.28. The molecule has 0 radical (unpaired) electrons. The van der Waals surface area contributed by atoms with Crippen LogP contribution in [0, 0.1) is 18.7 Å². The highest BCUT2D eigenvalue weighted by molar-refractivity contribution is 5.95. The predicted octanol–water partition coefficient (Wildman–Crippen LogP) is 2.41. The molecule has 0 bridgehead atoms. The molecule has 2 saturated carbocycles. The van der Waals surface area contributed by atoms with Gasteiger partial charge in [-0.25, -0.2) is 9.18 Å². The summed E-state index contributed by atoms with van der Waals surface area (Å²) >= 11 is 0. The van der Waals surface area contributed by atoms with Crippen LogP contribution in [0.5, 0.6) is 0 Å². The number of halogens is 1. The number of hydrogen-bond donors (Lipinski definition) is 2. The molecule has 0 unspecified atom stereocenters. The van der Waals surface area contributed by atoms with E-state index in [2.05, 4.69) is 0 Å². The van der Waals surface area contributed by atoms with Crippen LogP contribution in [-0.4, -0.2) is 34.3 Å². The first-order chi connectivity index (χ1) is 12.8. The van der Waals surface area contributed by atoms with E-state index in [0.29, 0.717) is 22.7 Å². The number of hydrogen-bond acceptors (Lipinski definition) is 4. The highest BCUT2D eigenvalue weighted by Crippen LogP contribution is 2.46. The predicted molar refractivity (Wildman–Crippen MR) is 100.0 cm³/mol. The van der Waals surface area contributed by atoms with Gasteiger partial charge in [-0.3, -0.25) is 4.79 Å². The SMILES string of the molecule is Cc1c(N2CC(C3(N)CC3)C2)c(F)cc2c(=O)c(C(=O)O)cn(C3CC3)c12. The van der Waals surface area contributed by atoms with Gasteiger partial charge in [-0.1, -0.05) is 0 Å². The number of nitrogens with two attached hydrogens (primary N) is 1. The quantitative estimate of drug-likeness (QED) is 0.862. The van der Waals surface area contributed by atoms with Gasteiger partial charge >= 0.3 is 5.97 Å². The van der Waals surface area contributed by atoms with Gasteiger partial charge < -0.3 is 20.3 Å². The normalized spacial score (nSPS) is 21.4. The lowest BCUT2D eigenvalue weighted by molar-refractivity contribution is 0.0695. The molecule has 1 saturated heterocycles. The lowest BCUT2D eigenvalue weighted by Crippen LogP contribution is -2.56. The molecule has 0 amide bonds. The summed E-state index contributed by atoms with van der Waals surface area (Å²) in [5.41, 5.74) is 7.14. The number of aromatic carboxylic acids is 1. The van der Waals surface area contributed by atoms with Crippen LogP contribution >= 0.6 is 0 Å². The van der Waals surface area contributed by atoms with Gasteiger partial charge in [0.2, 0.25) is 5.43 Å². The van der Waals surface area contributed by atoms with Crippen molar-refractivity contribution in [3.8, 4) is 0 Å². The van der Waals surface area contributed by atoms with Crippen molar-refractivity contribution < 1.29 is 14.3 Å². The molecule has 27 heavy (non-hydrogen) atoms. The molecule has 3 fully saturated rings. The number of aryl methyl sites for hydroxylation is 1. The van der Waals surface area contributed by atoms with Crippen LogP contribution < -0.4 is 16.1 Å². The maximum Gasteiger partial charge on any atom is 0.341 e. The molecule has 0 spiro atoms. The molecule has 6 nitrogen and oxygen atoms in total. The molecule has 1 aromatic heterocycles. The summed E-state index contributed by atoms with van der Waals surface area (Å²) < 4.78 is 16.8. The second-order valence-corrected chi connectivity index (χ2v) is 8.38. The van der Waals surface area contributed by atoms with Crippen LogP contribution in [0.3, 0.4) is 0 Å². The van der Waals surface area contributed by atoms with Crippen LogP contribution in [0.1, 0.15) is 47.6 Å². The molecule has 2 heterocycles. The van der Waals surface area contributed by atoms with Gasteiger partial charge in [-0.15, -0.1) is 0 Å². The van der Waals surface area contributed by atoms with Crippen molar-refractivity contribution in [3.63, 3.8) is 0 Å². The fourth-order valence-corrected chi connectivity index (χ4v) is 4.43. The van der Waals surface area contributed by atoms with Crippen LogP contribution in [0.25, 0.3) is 10.9 Å². The highest BCUT2D eigenvalue weighted by atomic mass is 19.1. The average Bonchev–Trinajstić information content (AvgIpc) is 3.47. The Kier molecular flexibility index (Phi) is 3.30. The van der Waals surface area contributed by atoms with E-state index >= 15 is 0 Å². The van der Waals surface area contributed by atoms with Crippen molar-refractivity contribution in [2.24, 2.45) is 11.7 Å². The Morgan fingerprint density at radius 2 is 2.00 bits per heavy atom. The van der Waals surface area contributed by atoms with Gasteiger partial charge in [0.25, 0.3) is 0 Å². The van der Waals surface area contributed by atoms with E-state index in [1.54, 1.807) is 0 Å². The number of carboxylic acids is 1. The molecule has 142 valence electrons. The summed E-state index contributed by atoms with van der Waals surface area (Å²) in [7, 11) is 0. The molecular formula is C20H22FN3O3. The van der Waals surface area contributed by atoms with Crippen LogP contribution in [0.4, 0.5) is 10.1 Å². The van der Waals surface area contributed by atoms with Gasteiger partial charge in [0.05, 0.1) is 11.2 Å². The molecule has 0 atom stereocenters. The number of anilines is 1. The van der Waals surface area contributed by atoms with Crippen LogP contribution in [-0.2, 0) is 0 Å². The number of fused-ring (bicyclic) bond motifs is 1. The largest absolute Gasteiger partial charge is 0.477 e. The Balaban J connectivity index is 1.66. The van der Waals surface area contributed by atoms with Crippen molar-refractivity contribution in [3.05, 3.63) is 39.4 Å². The first-order valence-corrected chi connectivity index (χ1v) is 9.45. The minimum Gasteiger partial charge on any atom is -0.477 e.